The number of nitrogens with zero attached hydrogens (tertiary/aromatic N) is 4. The second kappa shape index (κ2) is 18.8. The number of ether oxygens (including phenoxy) is 1. The molecule has 0 fully saturated rings. The summed E-state index contributed by atoms with van der Waals surface area (Å²) in [5.41, 5.74) is 1.36. The third kappa shape index (κ3) is 12.9. The van der Waals surface area contributed by atoms with Gasteiger partial charge in [-0.05, 0) is 45.2 Å². The van der Waals surface area contributed by atoms with Gasteiger partial charge in [0.15, 0.2) is 10.8 Å². The van der Waals surface area contributed by atoms with Crippen LogP contribution in [0.5, 0.6) is 0 Å². The lowest BCUT2D eigenvalue weighted by Gasteiger charge is -2.08. The first-order valence-corrected chi connectivity index (χ1v) is 14.4. The molecule has 0 amide bonds. The molecule has 0 radical (unpaired) electrons. The Balaban J connectivity index is 0.00000298. The zero-order chi connectivity index (χ0) is 26.1. The lowest BCUT2D eigenvalue weighted by atomic mass is 10.0. The van der Waals surface area contributed by atoms with E-state index in [0.29, 0.717) is 17.2 Å². The minimum Gasteiger partial charge on any atom is -0.463 e. The number of esters is 1. The molecule has 0 saturated carbocycles. The van der Waals surface area contributed by atoms with Crippen molar-refractivity contribution in [2.24, 2.45) is 0 Å². The fourth-order valence-corrected chi connectivity index (χ4v) is 4.63. The predicted molar refractivity (Wildman–Crippen MR) is 147 cm³/mol. The molecule has 2 rings (SSSR count). The third-order valence-corrected chi connectivity index (χ3v) is 6.29. The molecule has 8 heteroatoms. The number of carbonyl (C=O) groups is 1. The van der Waals surface area contributed by atoms with Crippen LogP contribution in [0.2, 0.25) is 10.4 Å². The lowest BCUT2D eigenvalue weighted by Crippen LogP contribution is -2.10. The van der Waals surface area contributed by atoms with Crippen LogP contribution in [0.1, 0.15) is 123 Å². The molecule has 0 aliphatic heterocycles. The number of carbonyl (C=O) groups excluding carboxylic acids is 1. The van der Waals surface area contributed by atoms with E-state index in [0.717, 1.165) is 37.1 Å². The molecule has 2 aromatic rings. The molecule has 0 spiro atoms. The van der Waals surface area contributed by atoms with Gasteiger partial charge < -0.3 is 9.30 Å². The number of halogens is 2. The molecule has 2 aromatic heterocycles. The monoisotopic (exact) mass is 528 g/mol. The number of imidazole rings is 1. The maximum absolute atomic E-state index is 11.5. The van der Waals surface area contributed by atoms with E-state index in [4.69, 9.17) is 27.9 Å². The van der Waals surface area contributed by atoms with Gasteiger partial charge in [0.2, 0.25) is 5.28 Å². The molecule has 0 bridgehead atoms. The first-order valence-electron chi connectivity index (χ1n) is 13.6. The van der Waals surface area contributed by atoms with Gasteiger partial charge in [-0.15, -0.1) is 0 Å². The van der Waals surface area contributed by atoms with Crippen LogP contribution in [0.3, 0.4) is 0 Å². The van der Waals surface area contributed by atoms with Gasteiger partial charge in [-0.3, -0.25) is 4.79 Å². The topological polar surface area (TPSA) is 69.9 Å². The summed E-state index contributed by atoms with van der Waals surface area (Å²) in [5.74, 6) is 0.844. The number of hydrogen-bond donors (Lipinski definition) is 0. The Morgan fingerprint density at radius 1 is 0.800 bits per heavy atom. The average molecular weight is 530 g/mol. The predicted octanol–water partition coefficient (Wildman–Crippen LogP) is 8.88. The van der Waals surface area contributed by atoms with Crippen molar-refractivity contribution < 1.29 is 9.53 Å². The summed E-state index contributed by atoms with van der Waals surface area (Å²) in [6.07, 6.45) is 16.7. The molecule has 0 aromatic carbocycles. The third-order valence-electron chi connectivity index (χ3n) is 5.85. The summed E-state index contributed by atoms with van der Waals surface area (Å²) in [5, 5.41) is 0.509. The maximum Gasteiger partial charge on any atom is 0.306 e. The molecular weight excluding hydrogens is 483 g/mol. The summed E-state index contributed by atoms with van der Waals surface area (Å²) in [7, 11) is 0. The normalized spacial score (nSPS) is 11.1. The van der Waals surface area contributed by atoms with Crippen LogP contribution in [0, 0.1) is 6.92 Å². The second-order valence-electron chi connectivity index (χ2n) is 9.15. The van der Waals surface area contributed by atoms with Crippen molar-refractivity contribution in [3.8, 4) is 0 Å². The summed E-state index contributed by atoms with van der Waals surface area (Å²) in [6.45, 7) is 10.6. The SMILES string of the molecule is CC.Cc1nc2nc(Cl)nc(Cl)c2n1CCCCCCCCCCCCCCCC(=O)OC(C)C. The fraction of sp³-hybridized carbons (Fsp3) is 0.778. The van der Waals surface area contributed by atoms with Crippen LogP contribution in [-0.2, 0) is 16.1 Å². The molecule has 0 aliphatic carbocycles. The molecule has 0 atom stereocenters. The fourth-order valence-electron chi connectivity index (χ4n) is 4.16. The number of rotatable bonds is 17. The van der Waals surface area contributed by atoms with Crippen LogP contribution in [0.4, 0.5) is 0 Å². The zero-order valence-corrected chi connectivity index (χ0v) is 24.1. The minimum absolute atomic E-state index is 0.000438. The number of fused-ring (bicyclic) bond motifs is 1. The van der Waals surface area contributed by atoms with Gasteiger partial charge in [-0.25, -0.2) is 9.97 Å². The summed E-state index contributed by atoms with van der Waals surface area (Å²) < 4.78 is 7.26. The van der Waals surface area contributed by atoms with E-state index in [9.17, 15) is 4.79 Å². The Labute approximate surface area is 222 Å². The Hall–Kier alpha value is -1.40. The molecule has 0 aliphatic rings. The van der Waals surface area contributed by atoms with Crippen molar-refractivity contribution in [2.45, 2.75) is 137 Å². The first kappa shape index (κ1) is 31.6. The van der Waals surface area contributed by atoms with Crippen LogP contribution in [0.15, 0.2) is 0 Å². The molecule has 0 saturated heterocycles. The van der Waals surface area contributed by atoms with Gasteiger partial charge in [0.25, 0.3) is 0 Å². The highest BCUT2D eigenvalue weighted by Crippen LogP contribution is 2.24. The highest BCUT2D eigenvalue weighted by Gasteiger charge is 2.14. The Bertz CT molecular complexity index is 855. The molecule has 35 heavy (non-hydrogen) atoms. The Kier molecular flexibility index (Phi) is 17.0. The van der Waals surface area contributed by atoms with Crippen molar-refractivity contribution in [3.05, 3.63) is 16.3 Å². The molecule has 200 valence electrons. The van der Waals surface area contributed by atoms with Gasteiger partial charge in [0.1, 0.15) is 11.3 Å². The highest BCUT2D eigenvalue weighted by molar-refractivity contribution is 6.35. The molecule has 0 N–H and O–H groups in total. The Morgan fingerprint density at radius 2 is 1.29 bits per heavy atom. The van der Waals surface area contributed by atoms with E-state index in [-0.39, 0.29) is 17.4 Å². The van der Waals surface area contributed by atoms with Crippen LogP contribution in [0.25, 0.3) is 11.2 Å². The molecule has 6 nitrogen and oxygen atoms in total. The molecule has 2 heterocycles. The second-order valence-corrected chi connectivity index (χ2v) is 9.85. The van der Waals surface area contributed by atoms with Crippen LogP contribution < -0.4 is 0 Å². The summed E-state index contributed by atoms with van der Waals surface area (Å²) >= 11 is 12.1. The average Bonchev–Trinajstić information content (AvgIpc) is 3.12. The van der Waals surface area contributed by atoms with Crippen molar-refractivity contribution >= 4 is 40.3 Å². The van der Waals surface area contributed by atoms with Crippen LogP contribution in [-0.4, -0.2) is 31.6 Å². The van der Waals surface area contributed by atoms with E-state index in [1.54, 1.807) is 0 Å². The standard InChI is InChI=1S/C25H40Cl2N4O2.C2H6/c1-19(2)33-21(32)17-15-13-11-9-7-5-4-6-8-10-12-14-16-18-31-20(3)28-24-22(31)23(26)29-25(27)30-24;1-2/h19H,4-18H2,1-3H3;1-2H3. The van der Waals surface area contributed by atoms with Gasteiger partial charge in [-0.1, -0.05) is 96.1 Å². The van der Waals surface area contributed by atoms with E-state index in [1.165, 1.54) is 64.2 Å². The number of aryl methyl sites for hydroxylation is 2. The zero-order valence-electron chi connectivity index (χ0n) is 22.5. The molecular formula is C27H46Cl2N4O2. The van der Waals surface area contributed by atoms with Gasteiger partial charge in [-0.2, -0.15) is 4.98 Å². The lowest BCUT2D eigenvalue weighted by molar-refractivity contribution is -0.147. The number of hydrogen-bond acceptors (Lipinski definition) is 5. The van der Waals surface area contributed by atoms with E-state index < -0.39 is 0 Å². The van der Waals surface area contributed by atoms with E-state index >= 15 is 0 Å². The van der Waals surface area contributed by atoms with Crippen molar-refractivity contribution in [3.63, 3.8) is 0 Å². The van der Waals surface area contributed by atoms with Gasteiger partial charge >= 0.3 is 5.97 Å². The van der Waals surface area contributed by atoms with E-state index in [1.807, 2.05) is 34.6 Å². The number of unbranched alkanes of at least 4 members (excludes halogenated alkanes) is 12. The minimum atomic E-state index is -0.0558. The van der Waals surface area contributed by atoms with Crippen molar-refractivity contribution in [2.75, 3.05) is 0 Å². The quantitative estimate of drug-likeness (QED) is 0.0886. The molecule has 0 unspecified atom stereocenters. The van der Waals surface area contributed by atoms with Crippen molar-refractivity contribution in [1.29, 1.82) is 0 Å². The Morgan fingerprint density at radius 3 is 1.80 bits per heavy atom. The number of aromatic nitrogens is 4. The van der Waals surface area contributed by atoms with Crippen LogP contribution >= 0.6 is 23.2 Å². The first-order chi connectivity index (χ1) is 16.9. The maximum atomic E-state index is 11.5. The summed E-state index contributed by atoms with van der Waals surface area (Å²) in [4.78, 5) is 24.2. The van der Waals surface area contributed by atoms with E-state index in [2.05, 4.69) is 19.5 Å². The smallest absolute Gasteiger partial charge is 0.306 e. The van der Waals surface area contributed by atoms with Crippen molar-refractivity contribution in [1.82, 2.24) is 19.5 Å². The summed E-state index contributed by atoms with van der Waals surface area (Å²) in [6, 6.07) is 0. The van der Waals surface area contributed by atoms with Gasteiger partial charge in [0, 0.05) is 13.0 Å². The highest BCUT2D eigenvalue weighted by atomic mass is 35.5. The largest absolute Gasteiger partial charge is 0.463 e. The van der Waals surface area contributed by atoms with Gasteiger partial charge in [0.05, 0.1) is 6.10 Å².